The Kier molecular flexibility index (Phi) is 5.92. The molecule has 0 aromatic carbocycles. The summed E-state index contributed by atoms with van der Waals surface area (Å²) in [5, 5.41) is -0.220. The predicted molar refractivity (Wildman–Crippen MR) is 136 cm³/mol. The van der Waals surface area contributed by atoms with Gasteiger partial charge in [0.2, 0.25) is 5.95 Å². The molecule has 3 fully saturated rings. The number of hydrogen-bond acceptors (Lipinski definition) is 11. The number of hydrogen-bond donors (Lipinski definition) is 4. The number of aromatic nitrogens is 7. The molecule has 212 valence electrons. The van der Waals surface area contributed by atoms with Crippen molar-refractivity contribution in [2.45, 2.75) is 49.8 Å². The van der Waals surface area contributed by atoms with Gasteiger partial charge >= 0.3 is 6.80 Å². The molecule has 0 amide bonds. The number of fused-ring (bicyclic) bond motifs is 5. The number of nitrogens with two attached hydrogens (primary N) is 1. The molecule has 4 aromatic heterocycles. The van der Waals surface area contributed by atoms with Gasteiger partial charge in [-0.2, -0.15) is 4.98 Å². The first-order valence-electron chi connectivity index (χ1n) is 12.2. The number of nitrogens with zero attached hydrogens (tertiary/aromatic N) is 5. The van der Waals surface area contributed by atoms with Gasteiger partial charge in [0.05, 0.1) is 31.5 Å². The maximum Gasteiger partial charge on any atom is 0.386 e. The molecule has 4 aromatic rings. The minimum Gasteiger partial charge on any atom is -0.369 e. The minimum absolute atomic E-state index is 0.0172. The molecule has 3 unspecified atom stereocenters. The Labute approximate surface area is 226 Å². The Morgan fingerprint density at radius 1 is 1.12 bits per heavy atom. The number of anilines is 1. The highest BCUT2D eigenvalue weighted by atomic mass is 32.7. The lowest BCUT2D eigenvalue weighted by molar-refractivity contribution is -0.0421. The van der Waals surface area contributed by atoms with E-state index >= 15 is 4.39 Å². The summed E-state index contributed by atoms with van der Waals surface area (Å²) in [4.78, 5) is 41.3. The largest absolute Gasteiger partial charge is 0.386 e. The van der Waals surface area contributed by atoms with Gasteiger partial charge < -0.3 is 24.8 Å². The van der Waals surface area contributed by atoms with E-state index in [-0.39, 0.29) is 47.6 Å². The number of alkyl halides is 1. The first kappa shape index (κ1) is 25.8. The van der Waals surface area contributed by atoms with Crippen LogP contribution >= 0.6 is 19.0 Å². The van der Waals surface area contributed by atoms with Gasteiger partial charge in [-0.3, -0.25) is 28.2 Å². The quantitative estimate of drug-likeness (QED) is 0.193. The zero-order chi connectivity index (χ0) is 27.9. The Bertz CT molecular complexity index is 1810. The lowest BCUT2D eigenvalue weighted by Gasteiger charge is -2.27. The van der Waals surface area contributed by atoms with E-state index in [0.717, 1.165) is 12.5 Å². The molecular formula is C21H21F2N8O7PS. The van der Waals surface area contributed by atoms with Crippen molar-refractivity contribution in [1.82, 2.24) is 34.1 Å². The number of nitrogens with one attached hydrogen (secondary N) is 2. The van der Waals surface area contributed by atoms with Crippen LogP contribution in [0.5, 0.6) is 0 Å². The van der Waals surface area contributed by atoms with Crippen LogP contribution in [0.4, 0.5) is 14.7 Å². The molecule has 7 heterocycles. The van der Waals surface area contributed by atoms with Crippen molar-refractivity contribution in [2.24, 2.45) is 5.92 Å². The molecule has 19 heteroatoms. The molecule has 7 rings (SSSR count). The van der Waals surface area contributed by atoms with Gasteiger partial charge in [0.1, 0.15) is 17.7 Å². The highest BCUT2D eigenvalue weighted by Gasteiger charge is 2.53. The van der Waals surface area contributed by atoms with Crippen molar-refractivity contribution in [3.05, 3.63) is 45.4 Å². The fraction of sp³-hybridized carbons (Fsp3) is 0.476. The average Bonchev–Trinajstić information content (AvgIpc) is 3.64. The third-order valence-electron chi connectivity index (χ3n) is 7.42. The second-order valence-corrected chi connectivity index (χ2v) is 12.7. The summed E-state index contributed by atoms with van der Waals surface area (Å²) >= 11 is 4.03. The van der Waals surface area contributed by atoms with E-state index in [1.807, 2.05) is 0 Å². The van der Waals surface area contributed by atoms with Crippen LogP contribution in [0, 0.1) is 11.7 Å². The fourth-order valence-electron chi connectivity index (χ4n) is 5.65. The van der Waals surface area contributed by atoms with Crippen LogP contribution in [0.2, 0.25) is 0 Å². The van der Waals surface area contributed by atoms with E-state index < -0.39 is 66.6 Å². The Hall–Kier alpha value is -3.15. The van der Waals surface area contributed by atoms with E-state index in [4.69, 9.17) is 24.3 Å². The van der Waals surface area contributed by atoms with Crippen molar-refractivity contribution < 1.29 is 31.9 Å². The number of imidazole rings is 1. The average molecular weight is 598 g/mol. The molecule has 3 saturated heterocycles. The summed E-state index contributed by atoms with van der Waals surface area (Å²) in [6.07, 6.45) is -3.20. The van der Waals surface area contributed by atoms with Crippen LogP contribution in [-0.4, -0.2) is 65.1 Å². The monoisotopic (exact) mass is 598 g/mol. The molecule has 3 aliphatic heterocycles. The zero-order valence-electron chi connectivity index (χ0n) is 20.2. The van der Waals surface area contributed by atoms with Crippen LogP contribution in [0.15, 0.2) is 28.4 Å². The van der Waals surface area contributed by atoms with E-state index in [2.05, 4.69) is 37.2 Å². The number of thiol groups is 1. The summed E-state index contributed by atoms with van der Waals surface area (Å²) in [6.45, 7) is -4.39. The predicted octanol–water partition coefficient (Wildman–Crippen LogP) is 1.56. The van der Waals surface area contributed by atoms with Gasteiger partial charge in [-0.15, -0.1) is 0 Å². The normalized spacial score (nSPS) is 34.4. The lowest BCUT2D eigenvalue weighted by Crippen LogP contribution is -2.34. The van der Waals surface area contributed by atoms with Crippen LogP contribution in [0.3, 0.4) is 0 Å². The van der Waals surface area contributed by atoms with Gasteiger partial charge in [0, 0.05) is 6.20 Å². The van der Waals surface area contributed by atoms with Gasteiger partial charge in [-0.05, 0) is 18.8 Å². The molecule has 0 spiro atoms. The number of aromatic amines is 2. The Morgan fingerprint density at radius 3 is 2.77 bits per heavy atom. The van der Waals surface area contributed by atoms with Crippen molar-refractivity contribution in [3.63, 3.8) is 0 Å². The molecule has 0 aliphatic carbocycles. The standard InChI is InChI=1S/C21H21F2N8O7PS/c22-8-3-30(16-12(8)18(32)26-5-25-16)11-2-7-1-9-13(23)15(38-39(34,40)35-4-10(7)36-11)20(37-9)31-6-27-14-17(31)28-21(24)29-19(14)33/h3,5-7,9-11,13,15,20H,1-2,4H2,(H,34,40)(H,25,26,32)(H3,24,28,29,33)/t7?,9?,10-,11-,13-,15-,20-,39?/m1/s1. The Balaban J connectivity index is 1.23. The summed E-state index contributed by atoms with van der Waals surface area (Å²) in [5.41, 5.74) is 4.48. The highest BCUT2D eigenvalue weighted by Crippen LogP contribution is 2.58. The first-order chi connectivity index (χ1) is 19.1. The molecule has 8 atom stereocenters. The molecule has 0 saturated carbocycles. The smallest absolute Gasteiger partial charge is 0.369 e. The zero-order valence-corrected chi connectivity index (χ0v) is 22.0. The van der Waals surface area contributed by atoms with E-state index in [1.54, 1.807) is 0 Å². The molecule has 3 aliphatic rings. The minimum atomic E-state index is -4.17. The second-order valence-electron chi connectivity index (χ2n) is 9.79. The second kappa shape index (κ2) is 9.19. The van der Waals surface area contributed by atoms with Crippen LogP contribution in [0.25, 0.3) is 22.2 Å². The highest BCUT2D eigenvalue weighted by molar-refractivity contribution is 8.44. The third kappa shape index (κ3) is 4.09. The SMILES string of the molecule is Nc1nc2c(ncn2[C@@H]2OC3CC4C[C@H](n5cc(F)c6c(=O)[nH]cnc65)O[C@@H]4COP(=O)(S)O[C@@H]2[C@@H]3F)c(=O)[nH]1. The Morgan fingerprint density at radius 2 is 1.95 bits per heavy atom. The molecule has 4 N–H and O–H groups in total. The van der Waals surface area contributed by atoms with Gasteiger partial charge in [-0.1, -0.05) is 12.2 Å². The number of nitrogen functional groups attached to an aromatic ring is 1. The summed E-state index contributed by atoms with van der Waals surface area (Å²) in [7, 11) is 0. The topological polar surface area (TPSA) is 194 Å². The number of ether oxygens (including phenoxy) is 2. The summed E-state index contributed by atoms with van der Waals surface area (Å²) in [6, 6.07) is 0. The molecule has 2 bridgehead atoms. The van der Waals surface area contributed by atoms with E-state index in [9.17, 15) is 18.5 Å². The molecule has 0 radical (unpaired) electrons. The van der Waals surface area contributed by atoms with Gasteiger partial charge in [0.25, 0.3) is 11.1 Å². The van der Waals surface area contributed by atoms with Crippen LogP contribution in [-0.2, 0) is 23.1 Å². The van der Waals surface area contributed by atoms with Gasteiger partial charge in [0.15, 0.2) is 35.0 Å². The number of rotatable bonds is 2. The maximum atomic E-state index is 15.9. The van der Waals surface area contributed by atoms with E-state index in [0.29, 0.717) is 0 Å². The van der Waals surface area contributed by atoms with Crippen molar-refractivity contribution in [3.8, 4) is 0 Å². The summed E-state index contributed by atoms with van der Waals surface area (Å²) < 4.78 is 69.6. The van der Waals surface area contributed by atoms with Gasteiger partial charge in [-0.25, -0.2) is 23.3 Å². The van der Waals surface area contributed by atoms with Crippen molar-refractivity contribution in [2.75, 3.05) is 12.3 Å². The molecule has 40 heavy (non-hydrogen) atoms. The first-order valence-corrected chi connectivity index (χ1v) is 14.9. The maximum absolute atomic E-state index is 15.9. The lowest BCUT2D eigenvalue weighted by atomic mass is 9.92. The van der Waals surface area contributed by atoms with E-state index in [1.165, 1.54) is 15.5 Å². The van der Waals surface area contributed by atoms with Crippen molar-refractivity contribution >= 4 is 47.2 Å². The van der Waals surface area contributed by atoms with Crippen molar-refractivity contribution in [1.29, 1.82) is 0 Å². The number of H-pyrrole nitrogens is 2. The molecular weight excluding hydrogens is 577 g/mol. The van der Waals surface area contributed by atoms with Crippen LogP contribution in [0.1, 0.15) is 25.3 Å². The molecule has 15 nitrogen and oxygen atoms in total. The third-order valence-corrected chi connectivity index (χ3v) is 9.04. The summed E-state index contributed by atoms with van der Waals surface area (Å²) in [5.74, 6) is -1.37. The number of halogens is 2. The fourth-order valence-corrected chi connectivity index (χ4v) is 7.10. The van der Waals surface area contributed by atoms with Crippen LogP contribution < -0.4 is 16.9 Å².